The predicted molar refractivity (Wildman–Crippen MR) is 107 cm³/mol. The summed E-state index contributed by atoms with van der Waals surface area (Å²) in [7, 11) is 0. The first kappa shape index (κ1) is 20.5. The molecule has 0 unspecified atom stereocenters. The van der Waals surface area contributed by atoms with Crippen LogP contribution in [0.3, 0.4) is 0 Å². The van der Waals surface area contributed by atoms with Crippen LogP contribution >= 0.6 is 11.6 Å². The van der Waals surface area contributed by atoms with Crippen molar-refractivity contribution in [2.24, 2.45) is 5.92 Å². The van der Waals surface area contributed by atoms with E-state index in [9.17, 15) is 19.2 Å². The number of anilines is 1. The third kappa shape index (κ3) is 4.30. The summed E-state index contributed by atoms with van der Waals surface area (Å²) in [5.41, 5.74) is 0.948. The maximum atomic E-state index is 12.7. The summed E-state index contributed by atoms with van der Waals surface area (Å²) in [6, 6.07) is 11.8. The number of esters is 1. The quantitative estimate of drug-likeness (QED) is 0.579. The van der Waals surface area contributed by atoms with Crippen LogP contribution in [0.25, 0.3) is 0 Å². The zero-order valence-corrected chi connectivity index (χ0v) is 16.6. The molecule has 0 bridgehead atoms. The van der Waals surface area contributed by atoms with E-state index >= 15 is 0 Å². The van der Waals surface area contributed by atoms with E-state index < -0.39 is 42.3 Å². The van der Waals surface area contributed by atoms with Crippen molar-refractivity contribution in [2.75, 3.05) is 11.9 Å². The standard InChI is InChI=1S/C21H19ClN2O5/c1-12(2)18(24-19(26)15-8-3-4-9-16(15)20(24)27)21(28)29-11-17(25)23-14-7-5-6-13(22)10-14/h3-10,12,18H,11H2,1-2H3,(H,23,25)/t18-/m0/s1. The number of hydrogen-bond acceptors (Lipinski definition) is 5. The molecule has 8 heteroatoms. The Kier molecular flexibility index (Phi) is 5.98. The van der Waals surface area contributed by atoms with Gasteiger partial charge in [-0.2, -0.15) is 0 Å². The molecular formula is C21H19ClN2O5. The first-order valence-corrected chi connectivity index (χ1v) is 9.36. The van der Waals surface area contributed by atoms with Crippen LogP contribution in [0, 0.1) is 5.92 Å². The number of benzene rings is 2. The first-order valence-electron chi connectivity index (χ1n) is 8.98. The van der Waals surface area contributed by atoms with Gasteiger partial charge in [-0.1, -0.05) is 43.6 Å². The van der Waals surface area contributed by atoms with Crippen molar-refractivity contribution in [3.05, 3.63) is 64.7 Å². The maximum Gasteiger partial charge on any atom is 0.330 e. The van der Waals surface area contributed by atoms with Gasteiger partial charge in [-0.05, 0) is 36.2 Å². The average Bonchev–Trinajstić information content (AvgIpc) is 2.92. The Balaban J connectivity index is 1.68. The Morgan fingerprint density at radius 1 is 1.03 bits per heavy atom. The van der Waals surface area contributed by atoms with Crippen molar-refractivity contribution in [2.45, 2.75) is 19.9 Å². The lowest BCUT2D eigenvalue weighted by atomic mass is 10.0. The van der Waals surface area contributed by atoms with Crippen LogP contribution in [0.4, 0.5) is 5.69 Å². The number of amides is 3. The molecule has 1 N–H and O–H groups in total. The minimum Gasteiger partial charge on any atom is -0.454 e. The lowest BCUT2D eigenvalue weighted by Crippen LogP contribution is -2.49. The largest absolute Gasteiger partial charge is 0.454 e. The van der Waals surface area contributed by atoms with Crippen LogP contribution in [0.1, 0.15) is 34.6 Å². The Morgan fingerprint density at radius 2 is 1.66 bits per heavy atom. The fourth-order valence-electron chi connectivity index (χ4n) is 3.12. The summed E-state index contributed by atoms with van der Waals surface area (Å²) in [5, 5.41) is 3.01. The van der Waals surface area contributed by atoms with Crippen molar-refractivity contribution in [3.8, 4) is 0 Å². The monoisotopic (exact) mass is 414 g/mol. The highest BCUT2D eigenvalue weighted by Gasteiger charge is 2.44. The number of fused-ring (bicyclic) bond motifs is 1. The Morgan fingerprint density at radius 3 is 2.21 bits per heavy atom. The molecule has 3 amide bonds. The molecular weight excluding hydrogens is 396 g/mol. The van der Waals surface area contributed by atoms with Crippen molar-refractivity contribution < 1.29 is 23.9 Å². The zero-order valence-electron chi connectivity index (χ0n) is 15.8. The van der Waals surface area contributed by atoms with Crippen LogP contribution in [0.15, 0.2) is 48.5 Å². The molecule has 0 spiro atoms. The lowest BCUT2D eigenvalue weighted by Gasteiger charge is -2.27. The second-order valence-electron chi connectivity index (χ2n) is 6.88. The van der Waals surface area contributed by atoms with Gasteiger partial charge in [0.15, 0.2) is 6.61 Å². The first-order chi connectivity index (χ1) is 13.8. The molecule has 0 saturated heterocycles. The SMILES string of the molecule is CC(C)[C@@H](C(=O)OCC(=O)Nc1cccc(Cl)c1)N1C(=O)c2ccccc2C1=O. The minimum atomic E-state index is -1.14. The number of hydrogen-bond donors (Lipinski definition) is 1. The normalized spacial score (nSPS) is 14.0. The van der Waals surface area contributed by atoms with Gasteiger partial charge in [0.1, 0.15) is 6.04 Å². The fraction of sp³-hybridized carbons (Fsp3) is 0.238. The minimum absolute atomic E-state index is 0.245. The molecule has 29 heavy (non-hydrogen) atoms. The Bertz CT molecular complexity index is 954. The van der Waals surface area contributed by atoms with Crippen LogP contribution in [-0.4, -0.2) is 41.2 Å². The van der Waals surface area contributed by atoms with Gasteiger partial charge >= 0.3 is 5.97 Å². The van der Waals surface area contributed by atoms with Gasteiger partial charge < -0.3 is 10.1 Å². The van der Waals surface area contributed by atoms with Gasteiger partial charge in [0.2, 0.25) is 0 Å². The molecule has 0 radical (unpaired) electrons. The number of ether oxygens (including phenoxy) is 1. The maximum absolute atomic E-state index is 12.7. The van der Waals surface area contributed by atoms with Crippen molar-refractivity contribution in [1.29, 1.82) is 0 Å². The van der Waals surface area contributed by atoms with Crippen molar-refractivity contribution in [3.63, 3.8) is 0 Å². The molecule has 1 aliphatic heterocycles. The van der Waals surface area contributed by atoms with Crippen LogP contribution < -0.4 is 5.32 Å². The van der Waals surface area contributed by atoms with Gasteiger partial charge in [0, 0.05) is 10.7 Å². The summed E-state index contributed by atoms with van der Waals surface area (Å²) in [6.07, 6.45) is 0. The second kappa shape index (κ2) is 8.45. The van der Waals surface area contributed by atoms with E-state index in [2.05, 4.69) is 5.32 Å². The van der Waals surface area contributed by atoms with E-state index in [4.69, 9.17) is 16.3 Å². The molecule has 3 rings (SSSR count). The summed E-state index contributed by atoms with van der Waals surface area (Å²) in [4.78, 5) is 51.0. The predicted octanol–water partition coefficient (Wildman–Crippen LogP) is 3.14. The van der Waals surface area contributed by atoms with Gasteiger partial charge in [-0.3, -0.25) is 19.3 Å². The van der Waals surface area contributed by atoms with E-state index in [1.165, 1.54) is 12.1 Å². The molecule has 1 aliphatic rings. The van der Waals surface area contributed by atoms with Gasteiger partial charge in [0.25, 0.3) is 17.7 Å². The number of imide groups is 1. The van der Waals surface area contributed by atoms with Crippen LogP contribution in [0.5, 0.6) is 0 Å². The summed E-state index contributed by atoms with van der Waals surface area (Å²) in [6.45, 7) is 2.83. The molecule has 0 aliphatic carbocycles. The van der Waals surface area contributed by atoms with Gasteiger partial charge in [-0.25, -0.2) is 4.79 Å². The lowest BCUT2D eigenvalue weighted by molar-refractivity contribution is -0.152. The number of nitrogens with one attached hydrogen (secondary N) is 1. The highest BCUT2D eigenvalue weighted by Crippen LogP contribution is 2.27. The van der Waals surface area contributed by atoms with Crippen LogP contribution in [-0.2, 0) is 14.3 Å². The number of halogens is 1. The summed E-state index contributed by atoms with van der Waals surface area (Å²) >= 11 is 5.86. The van der Waals surface area contributed by atoms with E-state index in [-0.39, 0.29) is 11.1 Å². The molecule has 0 aromatic heterocycles. The second-order valence-corrected chi connectivity index (χ2v) is 7.32. The number of carbonyl (C=O) groups is 4. The Hall–Kier alpha value is -3.19. The third-order valence-corrected chi connectivity index (χ3v) is 4.67. The van der Waals surface area contributed by atoms with E-state index in [1.54, 1.807) is 50.2 Å². The fourth-order valence-corrected chi connectivity index (χ4v) is 3.31. The Labute approximate surface area is 172 Å². The smallest absolute Gasteiger partial charge is 0.330 e. The molecule has 1 heterocycles. The van der Waals surface area contributed by atoms with Gasteiger partial charge in [-0.15, -0.1) is 0 Å². The molecule has 0 fully saturated rings. The third-order valence-electron chi connectivity index (χ3n) is 4.43. The van der Waals surface area contributed by atoms with Crippen molar-refractivity contribution >= 4 is 41.0 Å². The topological polar surface area (TPSA) is 92.8 Å². The van der Waals surface area contributed by atoms with E-state index in [0.717, 1.165) is 4.90 Å². The van der Waals surface area contributed by atoms with Gasteiger partial charge in [0.05, 0.1) is 11.1 Å². The average molecular weight is 415 g/mol. The van der Waals surface area contributed by atoms with Crippen molar-refractivity contribution in [1.82, 2.24) is 4.90 Å². The molecule has 150 valence electrons. The summed E-state index contributed by atoms with van der Waals surface area (Å²) < 4.78 is 5.11. The van der Waals surface area contributed by atoms with E-state index in [1.807, 2.05) is 0 Å². The molecule has 1 atom stereocenters. The molecule has 2 aromatic carbocycles. The number of rotatable bonds is 6. The number of carbonyl (C=O) groups excluding carboxylic acids is 4. The highest BCUT2D eigenvalue weighted by atomic mass is 35.5. The van der Waals surface area contributed by atoms with E-state index in [0.29, 0.717) is 10.7 Å². The summed E-state index contributed by atoms with van der Waals surface area (Å²) in [5.74, 6) is -2.89. The molecule has 7 nitrogen and oxygen atoms in total. The highest BCUT2D eigenvalue weighted by molar-refractivity contribution is 6.30. The van der Waals surface area contributed by atoms with Crippen LogP contribution in [0.2, 0.25) is 5.02 Å². The zero-order chi connectivity index (χ0) is 21.1. The molecule has 2 aromatic rings. The number of nitrogens with zero attached hydrogens (tertiary/aromatic N) is 1. The molecule has 0 saturated carbocycles.